The molecule has 2 aliphatic rings. The molecule has 154 valence electrons. The van der Waals surface area contributed by atoms with Crippen LogP contribution in [-0.4, -0.2) is 57.7 Å². The SMILES string of the molecule is Cc1ccc(NC(=O)CSc2nnc(N3CCOCC3)n2C2CC2)cc1[N+](=O)[O-]. The molecule has 1 N–H and O–H groups in total. The first-order chi connectivity index (χ1) is 14.0. The fourth-order valence-electron chi connectivity index (χ4n) is 3.21. The number of carbonyl (C=O) groups excluding carboxylic acids is 1. The number of nitrogens with zero attached hydrogens (tertiary/aromatic N) is 5. The van der Waals surface area contributed by atoms with Gasteiger partial charge in [0, 0.05) is 36.4 Å². The van der Waals surface area contributed by atoms with E-state index in [-0.39, 0.29) is 17.3 Å². The Hall–Kier alpha value is -2.66. The molecular weight excluding hydrogens is 396 g/mol. The Morgan fingerprint density at radius 3 is 2.79 bits per heavy atom. The average molecular weight is 418 g/mol. The molecule has 2 aromatic rings. The summed E-state index contributed by atoms with van der Waals surface area (Å²) in [7, 11) is 0. The minimum Gasteiger partial charge on any atom is -0.378 e. The lowest BCUT2D eigenvalue weighted by Crippen LogP contribution is -2.38. The number of morpholine rings is 1. The highest BCUT2D eigenvalue weighted by molar-refractivity contribution is 7.99. The normalized spacial score (nSPS) is 16.7. The van der Waals surface area contributed by atoms with Crippen LogP contribution in [0.15, 0.2) is 23.4 Å². The number of amides is 1. The van der Waals surface area contributed by atoms with Crippen LogP contribution < -0.4 is 10.2 Å². The fourth-order valence-corrected chi connectivity index (χ4v) is 4.01. The highest BCUT2D eigenvalue weighted by Crippen LogP contribution is 2.41. The number of aryl methyl sites for hydroxylation is 1. The molecule has 2 heterocycles. The number of aromatic nitrogens is 3. The van der Waals surface area contributed by atoms with Crippen LogP contribution >= 0.6 is 11.8 Å². The first kappa shape index (κ1) is 19.6. The second-order valence-corrected chi connectivity index (χ2v) is 8.02. The quantitative estimate of drug-likeness (QED) is 0.414. The Morgan fingerprint density at radius 1 is 1.34 bits per heavy atom. The van der Waals surface area contributed by atoms with Gasteiger partial charge < -0.3 is 15.0 Å². The van der Waals surface area contributed by atoms with Gasteiger partial charge in [0.2, 0.25) is 11.9 Å². The van der Waals surface area contributed by atoms with Crippen LogP contribution in [0.5, 0.6) is 0 Å². The van der Waals surface area contributed by atoms with E-state index in [4.69, 9.17) is 4.74 Å². The smallest absolute Gasteiger partial charge is 0.274 e. The summed E-state index contributed by atoms with van der Waals surface area (Å²) in [6.45, 7) is 4.57. The summed E-state index contributed by atoms with van der Waals surface area (Å²) in [4.78, 5) is 25.2. The zero-order chi connectivity index (χ0) is 20.4. The van der Waals surface area contributed by atoms with Gasteiger partial charge in [-0.05, 0) is 25.8 Å². The van der Waals surface area contributed by atoms with E-state index >= 15 is 0 Å². The Kier molecular flexibility index (Phi) is 5.67. The molecule has 1 aromatic carbocycles. The summed E-state index contributed by atoms with van der Waals surface area (Å²) in [5.41, 5.74) is 0.945. The molecule has 11 heteroatoms. The molecule has 1 aromatic heterocycles. The van der Waals surface area contributed by atoms with Crippen molar-refractivity contribution in [2.45, 2.75) is 31.0 Å². The summed E-state index contributed by atoms with van der Waals surface area (Å²) in [6.07, 6.45) is 2.17. The van der Waals surface area contributed by atoms with Crippen molar-refractivity contribution in [3.05, 3.63) is 33.9 Å². The largest absolute Gasteiger partial charge is 0.378 e. The van der Waals surface area contributed by atoms with Gasteiger partial charge in [-0.3, -0.25) is 19.5 Å². The van der Waals surface area contributed by atoms with Crippen molar-refractivity contribution < 1.29 is 14.5 Å². The number of rotatable bonds is 7. The lowest BCUT2D eigenvalue weighted by atomic mass is 10.2. The van der Waals surface area contributed by atoms with Crippen LogP contribution in [0.4, 0.5) is 17.3 Å². The number of thioether (sulfide) groups is 1. The Balaban J connectivity index is 1.41. The van der Waals surface area contributed by atoms with E-state index in [2.05, 4.69) is 25.0 Å². The molecule has 0 spiro atoms. The molecule has 0 radical (unpaired) electrons. The number of anilines is 2. The number of ether oxygens (including phenoxy) is 1. The van der Waals surface area contributed by atoms with Gasteiger partial charge in [-0.15, -0.1) is 10.2 Å². The molecule has 4 rings (SSSR count). The second-order valence-electron chi connectivity index (χ2n) is 7.08. The summed E-state index contributed by atoms with van der Waals surface area (Å²) in [5, 5.41) is 23.2. The Bertz CT molecular complexity index is 923. The van der Waals surface area contributed by atoms with Crippen molar-refractivity contribution in [3.63, 3.8) is 0 Å². The van der Waals surface area contributed by atoms with E-state index in [1.165, 1.54) is 17.8 Å². The van der Waals surface area contributed by atoms with Gasteiger partial charge in [0.25, 0.3) is 5.69 Å². The predicted octanol–water partition coefficient (Wildman–Crippen LogP) is 2.40. The zero-order valence-electron chi connectivity index (χ0n) is 16.0. The third-order valence-corrected chi connectivity index (χ3v) is 5.82. The molecule has 0 bridgehead atoms. The predicted molar refractivity (Wildman–Crippen MR) is 109 cm³/mol. The van der Waals surface area contributed by atoms with Crippen molar-refractivity contribution in [2.75, 3.05) is 42.3 Å². The Morgan fingerprint density at radius 2 is 2.10 bits per heavy atom. The molecule has 1 amide bonds. The maximum atomic E-state index is 12.4. The van der Waals surface area contributed by atoms with Crippen LogP contribution in [-0.2, 0) is 9.53 Å². The van der Waals surface area contributed by atoms with Crippen molar-refractivity contribution >= 4 is 35.0 Å². The van der Waals surface area contributed by atoms with Gasteiger partial charge in [-0.1, -0.05) is 17.8 Å². The lowest BCUT2D eigenvalue weighted by Gasteiger charge is -2.27. The van der Waals surface area contributed by atoms with E-state index in [1.54, 1.807) is 19.1 Å². The van der Waals surface area contributed by atoms with Crippen LogP contribution in [0, 0.1) is 17.0 Å². The van der Waals surface area contributed by atoms with E-state index in [0.29, 0.717) is 30.5 Å². The molecule has 1 saturated heterocycles. The summed E-state index contributed by atoms with van der Waals surface area (Å²) in [6, 6.07) is 5.04. The first-order valence-corrected chi connectivity index (χ1v) is 10.5. The van der Waals surface area contributed by atoms with Gasteiger partial charge in [0.05, 0.1) is 23.9 Å². The highest BCUT2D eigenvalue weighted by Gasteiger charge is 2.32. The van der Waals surface area contributed by atoms with Gasteiger partial charge in [-0.25, -0.2) is 0 Å². The average Bonchev–Trinajstić information content (AvgIpc) is 3.47. The molecule has 0 unspecified atom stereocenters. The zero-order valence-corrected chi connectivity index (χ0v) is 16.9. The number of benzene rings is 1. The second kappa shape index (κ2) is 8.37. The molecule has 0 atom stereocenters. The maximum Gasteiger partial charge on any atom is 0.274 e. The van der Waals surface area contributed by atoms with Crippen molar-refractivity contribution in [2.24, 2.45) is 0 Å². The molecule has 2 fully saturated rings. The standard InChI is InChI=1S/C18H22N6O4S/c1-12-2-3-13(10-15(12)24(26)27)19-16(25)11-29-18-21-20-17(23(18)14-4-5-14)22-6-8-28-9-7-22/h2-3,10,14H,4-9,11H2,1H3,(H,19,25). The Labute approximate surface area is 171 Å². The summed E-state index contributed by atoms with van der Waals surface area (Å²) >= 11 is 1.33. The number of hydrogen-bond acceptors (Lipinski definition) is 8. The van der Waals surface area contributed by atoms with Crippen LogP contribution in [0.2, 0.25) is 0 Å². The minimum atomic E-state index is -0.453. The number of nitrogens with one attached hydrogen (secondary N) is 1. The molecule has 1 aliphatic carbocycles. The number of nitro groups is 1. The summed E-state index contributed by atoms with van der Waals surface area (Å²) in [5.74, 6) is 0.745. The van der Waals surface area contributed by atoms with Gasteiger partial charge >= 0.3 is 0 Å². The third kappa shape index (κ3) is 4.51. The minimum absolute atomic E-state index is 0.0147. The monoisotopic (exact) mass is 418 g/mol. The van der Waals surface area contributed by atoms with Gasteiger partial charge in [0.15, 0.2) is 5.16 Å². The highest BCUT2D eigenvalue weighted by atomic mass is 32.2. The van der Waals surface area contributed by atoms with E-state index in [1.807, 2.05) is 0 Å². The topological polar surface area (TPSA) is 115 Å². The van der Waals surface area contributed by atoms with Gasteiger partial charge in [0.1, 0.15) is 0 Å². The van der Waals surface area contributed by atoms with E-state index in [9.17, 15) is 14.9 Å². The van der Waals surface area contributed by atoms with E-state index < -0.39 is 4.92 Å². The molecule has 1 saturated carbocycles. The van der Waals surface area contributed by atoms with Crippen molar-refractivity contribution in [3.8, 4) is 0 Å². The molecular formula is C18H22N6O4S. The lowest BCUT2D eigenvalue weighted by molar-refractivity contribution is -0.385. The van der Waals surface area contributed by atoms with Crippen LogP contribution in [0.25, 0.3) is 0 Å². The molecule has 1 aliphatic heterocycles. The number of nitro benzene ring substituents is 1. The van der Waals surface area contributed by atoms with Crippen LogP contribution in [0.1, 0.15) is 24.4 Å². The molecule has 29 heavy (non-hydrogen) atoms. The van der Waals surface area contributed by atoms with Gasteiger partial charge in [-0.2, -0.15) is 0 Å². The fraction of sp³-hybridized carbons (Fsp3) is 0.500. The molecule has 10 nitrogen and oxygen atoms in total. The van der Waals surface area contributed by atoms with E-state index in [0.717, 1.165) is 37.0 Å². The van der Waals surface area contributed by atoms with Crippen molar-refractivity contribution in [1.29, 1.82) is 0 Å². The van der Waals surface area contributed by atoms with Crippen molar-refractivity contribution in [1.82, 2.24) is 14.8 Å². The number of carbonyl (C=O) groups is 1. The third-order valence-electron chi connectivity index (χ3n) is 4.87. The number of hydrogen-bond donors (Lipinski definition) is 1. The summed E-state index contributed by atoms with van der Waals surface area (Å²) < 4.78 is 7.54. The maximum absolute atomic E-state index is 12.4. The van der Waals surface area contributed by atoms with Crippen LogP contribution in [0.3, 0.4) is 0 Å². The first-order valence-electron chi connectivity index (χ1n) is 9.48.